The molecule has 1 aromatic carbocycles. The highest BCUT2D eigenvalue weighted by molar-refractivity contribution is 6.09. The molecule has 0 aliphatic carbocycles. The van der Waals surface area contributed by atoms with Crippen molar-refractivity contribution in [2.24, 2.45) is 0 Å². The average molecular weight is 267 g/mol. The van der Waals surface area contributed by atoms with Crippen LogP contribution >= 0.6 is 0 Å². The van der Waals surface area contributed by atoms with Crippen molar-refractivity contribution in [3.8, 4) is 0 Å². The Hall–Kier alpha value is -2.15. The minimum Gasteiger partial charge on any atom is -0.465 e. The number of hydrogen-bond donors (Lipinski definition) is 2. The summed E-state index contributed by atoms with van der Waals surface area (Å²) in [6.07, 6.45) is -1.34. The monoisotopic (exact) mass is 267 g/mol. The molecule has 1 aliphatic heterocycles. The molecule has 19 heavy (non-hydrogen) atoms. The van der Waals surface area contributed by atoms with Crippen molar-refractivity contribution in [3.05, 3.63) is 24.0 Å². The molecule has 102 valence electrons. The maximum atomic E-state index is 13.8. The van der Waals surface area contributed by atoms with E-state index < -0.39 is 11.9 Å². The summed E-state index contributed by atoms with van der Waals surface area (Å²) in [6.45, 7) is 0.529. The van der Waals surface area contributed by atoms with Crippen LogP contribution in [0.3, 0.4) is 0 Å². The summed E-state index contributed by atoms with van der Waals surface area (Å²) in [4.78, 5) is 25.2. The summed E-state index contributed by atoms with van der Waals surface area (Å²) >= 11 is 0. The Morgan fingerprint density at radius 2 is 2.26 bits per heavy atom. The third kappa shape index (κ3) is 2.37. The van der Waals surface area contributed by atoms with Crippen LogP contribution in [0.2, 0.25) is 0 Å². The summed E-state index contributed by atoms with van der Waals surface area (Å²) in [5, 5.41) is 12.0. The number of para-hydroxylation sites is 1. The second kappa shape index (κ2) is 5.23. The fraction of sp³-hybridized carbons (Fsp3) is 0.333. The van der Waals surface area contributed by atoms with Crippen molar-refractivity contribution >= 4 is 23.4 Å². The van der Waals surface area contributed by atoms with Crippen molar-refractivity contribution in [1.82, 2.24) is 5.32 Å². The van der Waals surface area contributed by atoms with E-state index in [-0.39, 0.29) is 23.8 Å². The molecule has 0 fully saturated rings. The van der Waals surface area contributed by atoms with Crippen molar-refractivity contribution in [2.45, 2.75) is 0 Å². The normalized spacial score (nSPS) is 14.5. The van der Waals surface area contributed by atoms with Gasteiger partial charge in [0.05, 0.1) is 5.69 Å². The smallest absolute Gasteiger partial charge is 0.412 e. The highest BCUT2D eigenvalue weighted by Gasteiger charge is 2.34. The third-order valence-electron chi connectivity index (χ3n) is 2.94. The molecule has 2 rings (SSSR count). The summed E-state index contributed by atoms with van der Waals surface area (Å²) in [5.41, 5.74) is 0.222. The molecule has 0 atom stereocenters. The Balaban J connectivity index is 2.47. The van der Waals surface area contributed by atoms with Crippen LogP contribution in [-0.2, 0) is 4.79 Å². The van der Waals surface area contributed by atoms with E-state index in [9.17, 15) is 14.0 Å². The van der Waals surface area contributed by atoms with Crippen molar-refractivity contribution in [3.63, 3.8) is 0 Å². The quantitative estimate of drug-likeness (QED) is 0.852. The predicted molar refractivity (Wildman–Crippen MR) is 68.1 cm³/mol. The van der Waals surface area contributed by atoms with Crippen LogP contribution in [-0.4, -0.2) is 43.8 Å². The Morgan fingerprint density at radius 1 is 1.53 bits per heavy atom. The fourth-order valence-corrected chi connectivity index (χ4v) is 2.06. The Morgan fingerprint density at radius 3 is 2.89 bits per heavy atom. The van der Waals surface area contributed by atoms with Gasteiger partial charge in [-0.3, -0.25) is 9.69 Å². The van der Waals surface area contributed by atoms with Gasteiger partial charge in [0.25, 0.3) is 0 Å². The number of nitrogens with zero attached hydrogens (tertiary/aromatic N) is 2. The molecular weight excluding hydrogens is 253 g/mol. The van der Waals surface area contributed by atoms with Gasteiger partial charge in [-0.05, 0) is 19.2 Å². The van der Waals surface area contributed by atoms with E-state index in [2.05, 4.69) is 5.32 Å². The number of carbonyl (C=O) groups is 2. The van der Waals surface area contributed by atoms with Crippen LogP contribution in [0.4, 0.5) is 20.6 Å². The molecule has 1 aliphatic rings. The number of rotatable bonds is 3. The molecule has 0 saturated heterocycles. The average Bonchev–Trinajstić information content (AvgIpc) is 2.37. The number of anilines is 2. The minimum atomic E-state index is -1.34. The van der Waals surface area contributed by atoms with E-state index >= 15 is 0 Å². The first kappa shape index (κ1) is 13.3. The summed E-state index contributed by atoms with van der Waals surface area (Å²) in [7, 11) is 1.74. The lowest BCUT2D eigenvalue weighted by Gasteiger charge is -2.34. The zero-order valence-corrected chi connectivity index (χ0v) is 10.4. The first-order valence-corrected chi connectivity index (χ1v) is 5.80. The minimum absolute atomic E-state index is 0.0642. The van der Waals surface area contributed by atoms with Gasteiger partial charge in [-0.25, -0.2) is 9.18 Å². The van der Waals surface area contributed by atoms with E-state index in [1.165, 1.54) is 17.0 Å². The van der Waals surface area contributed by atoms with E-state index in [1.807, 2.05) is 0 Å². The van der Waals surface area contributed by atoms with Gasteiger partial charge >= 0.3 is 6.09 Å². The lowest BCUT2D eigenvalue weighted by atomic mass is 10.1. The van der Waals surface area contributed by atoms with E-state index in [1.54, 1.807) is 13.1 Å². The molecule has 0 aromatic heterocycles. The SMILES string of the molecule is CNCCN1C(=O)CN(C(=O)O)c2c(F)cccc21. The van der Waals surface area contributed by atoms with E-state index in [0.29, 0.717) is 13.1 Å². The molecular formula is C12H14FN3O3. The number of likely N-dealkylation sites (N-methyl/N-ethyl adjacent to an activating group) is 1. The number of halogens is 1. The third-order valence-corrected chi connectivity index (χ3v) is 2.94. The van der Waals surface area contributed by atoms with Crippen LogP contribution in [0.1, 0.15) is 0 Å². The molecule has 2 N–H and O–H groups in total. The Labute approximate surface area is 109 Å². The second-order valence-electron chi connectivity index (χ2n) is 4.13. The zero-order chi connectivity index (χ0) is 14.0. The maximum Gasteiger partial charge on any atom is 0.412 e. The predicted octanol–water partition coefficient (Wildman–Crippen LogP) is 0.876. The number of hydrogen-bond acceptors (Lipinski definition) is 3. The number of fused-ring (bicyclic) bond motifs is 1. The summed E-state index contributed by atoms with van der Waals surface area (Å²) in [5.74, 6) is -1.02. The van der Waals surface area contributed by atoms with Gasteiger partial charge < -0.3 is 15.3 Å². The highest BCUT2D eigenvalue weighted by Crippen LogP contribution is 2.35. The number of carbonyl (C=O) groups excluding carboxylic acids is 1. The van der Waals surface area contributed by atoms with Gasteiger partial charge in [-0.15, -0.1) is 0 Å². The Kier molecular flexibility index (Phi) is 3.66. The molecule has 0 bridgehead atoms. The summed E-state index contributed by atoms with van der Waals surface area (Å²) < 4.78 is 13.8. The number of benzene rings is 1. The molecule has 0 unspecified atom stereocenters. The van der Waals surface area contributed by atoms with Crippen LogP contribution in [0.15, 0.2) is 18.2 Å². The molecule has 2 amide bonds. The van der Waals surface area contributed by atoms with Crippen molar-refractivity contribution in [2.75, 3.05) is 36.5 Å². The van der Waals surface area contributed by atoms with Crippen LogP contribution in [0.25, 0.3) is 0 Å². The van der Waals surface area contributed by atoms with Gasteiger partial charge in [-0.1, -0.05) is 6.07 Å². The van der Waals surface area contributed by atoms with Gasteiger partial charge in [0.1, 0.15) is 18.0 Å². The summed E-state index contributed by atoms with van der Waals surface area (Å²) in [6, 6.07) is 4.18. The zero-order valence-electron chi connectivity index (χ0n) is 10.4. The number of carboxylic acid groups (broad SMARTS) is 1. The van der Waals surface area contributed by atoms with E-state index in [0.717, 1.165) is 4.90 Å². The number of nitrogens with one attached hydrogen (secondary N) is 1. The van der Waals surface area contributed by atoms with Crippen molar-refractivity contribution in [1.29, 1.82) is 0 Å². The molecule has 6 nitrogen and oxygen atoms in total. The largest absolute Gasteiger partial charge is 0.465 e. The standard InChI is InChI=1S/C12H14FN3O3/c1-14-5-6-15-9-4-2-3-8(13)11(9)16(12(18)19)7-10(15)17/h2-4,14H,5-7H2,1H3,(H,18,19). The van der Waals surface area contributed by atoms with Gasteiger partial charge in [-0.2, -0.15) is 0 Å². The topological polar surface area (TPSA) is 72.9 Å². The van der Waals surface area contributed by atoms with Crippen LogP contribution < -0.4 is 15.1 Å². The molecule has 1 aromatic rings. The van der Waals surface area contributed by atoms with Crippen LogP contribution in [0.5, 0.6) is 0 Å². The van der Waals surface area contributed by atoms with E-state index in [4.69, 9.17) is 5.11 Å². The first-order chi connectivity index (χ1) is 9.06. The fourth-order valence-electron chi connectivity index (χ4n) is 2.06. The maximum absolute atomic E-state index is 13.8. The van der Waals surface area contributed by atoms with Gasteiger partial charge in [0, 0.05) is 13.1 Å². The first-order valence-electron chi connectivity index (χ1n) is 5.80. The lowest BCUT2D eigenvalue weighted by Crippen LogP contribution is -2.49. The highest BCUT2D eigenvalue weighted by atomic mass is 19.1. The molecule has 1 heterocycles. The molecule has 7 heteroatoms. The lowest BCUT2D eigenvalue weighted by molar-refractivity contribution is -0.117. The van der Waals surface area contributed by atoms with Crippen molar-refractivity contribution < 1.29 is 19.1 Å². The van der Waals surface area contributed by atoms with Gasteiger partial charge in [0.15, 0.2) is 0 Å². The molecule has 0 spiro atoms. The molecule has 0 radical (unpaired) electrons. The van der Waals surface area contributed by atoms with Crippen LogP contribution in [0, 0.1) is 5.82 Å². The number of amides is 2. The Bertz CT molecular complexity index is 521. The second-order valence-corrected chi connectivity index (χ2v) is 4.13. The molecule has 0 saturated carbocycles. The van der Waals surface area contributed by atoms with Gasteiger partial charge in [0.2, 0.25) is 5.91 Å².